The molecule has 2 unspecified atom stereocenters. The average molecular weight is 459 g/mol. The van der Waals surface area contributed by atoms with Gasteiger partial charge < -0.3 is 4.74 Å². The zero-order chi connectivity index (χ0) is 23.5. The van der Waals surface area contributed by atoms with Gasteiger partial charge in [-0.25, -0.2) is 0 Å². The SMILES string of the molecule is CCCC(C)C1CC2CCC1(c1ccc(-c3ccc(OCCCC(F)(F)F)cc3)cc1)CC2. The number of halogens is 3. The van der Waals surface area contributed by atoms with Crippen molar-refractivity contribution in [1.82, 2.24) is 0 Å². The number of ether oxygens (including phenoxy) is 1. The van der Waals surface area contributed by atoms with E-state index in [1.54, 1.807) is 0 Å². The summed E-state index contributed by atoms with van der Waals surface area (Å²) in [5.41, 5.74) is 4.13. The minimum absolute atomic E-state index is 0.0208. The molecule has 180 valence electrons. The van der Waals surface area contributed by atoms with Crippen molar-refractivity contribution in [3.63, 3.8) is 0 Å². The number of alkyl halides is 3. The van der Waals surface area contributed by atoms with E-state index in [4.69, 9.17) is 4.74 Å². The smallest absolute Gasteiger partial charge is 0.389 e. The highest BCUT2D eigenvalue weighted by molar-refractivity contribution is 5.64. The molecule has 3 saturated carbocycles. The fourth-order valence-electron chi connectivity index (χ4n) is 6.52. The number of hydrogen-bond acceptors (Lipinski definition) is 1. The van der Waals surface area contributed by atoms with Crippen LogP contribution in [0.25, 0.3) is 11.1 Å². The first-order chi connectivity index (χ1) is 15.8. The van der Waals surface area contributed by atoms with Crippen molar-refractivity contribution in [3.8, 4) is 16.9 Å². The Labute approximate surface area is 196 Å². The maximum Gasteiger partial charge on any atom is 0.389 e. The molecule has 3 aliphatic carbocycles. The van der Waals surface area contributed by atoms with Gasteiger partial charge in [0.05, 0.1) is 6.61 Å². The van der Waals surface area contributed by atoms with Crippen molar-refractivity contribution < 1.29 is 17.9 Å². The standard InChI is InChI=1S/C29H37F3O/c1-3-5-21(2)27-20-22-14-17-28(27,18-15-22)25-10-6-23(7-11-25)24-8-12-26(13-9-24)33-19-4-16-29(30,31)32/h6-13,21-22,27H,3-5,14-20H2,1-2H3. The van der Waals surface area contributed by atoms with E-state index in [9.17, 15) is 13.2 Å². The summed E-state index contributed by atoms with van der Waals surface area (Å²) in [6.07, 6.45) is 4.44. The third-order valence-corrected chi connectivity index (χ3v) is 8.25. The summed E-state index contributed by atoms with van der Waals surface area (Å²) >= 11 is 0. The third kappa shape index (κ3) is 5.58. The van der Waals surface area contributed by atoms with Gasteiger partial charge in [-0.15, -0.1) is 0 Å². The van der Waals surface area contributed by atoms with E-state index in [0.29, 0.717) is 11.2 Å². The van der Waals surface area contributed by atoms with Gasteiger partial charge in [-0.2, -0.15) is 13.2 Å². The van der Waals surface area contributed by atoms with Crippen LogP contribution in [0.4, 0.5) is 13.2 Å². The summed E-state index contributed by atoms with van der Waals surface area (Å²) in [6, 6.07) is 16.9. The van der Waals surface area contributed by atoms with Crippen LogP contribution >= 0.6 is 0 Å². The van der Waals surface area contributed by atoms with Crippen molar-refractivity contribution in [1.29, 1.82) is 0 Å². The van der Waals surface area contributed by atoms with E-state index in [1.165, 1.54) is 56.1 Å². The highest BCUT2D eigenvalue weighted by Gasteiger charge is 2.49. The van der Waals surface area contributed by atoms with Crippen molar-refractivity contribution in [3.05, 3.63) is 54.1 Å². The second kappa shape index (κ2) is 10.1. The van der Waals surface area contributed by atoms with E-state index >= 15 is 0 Å². The monoisotopic (exact) mass is 458 g/mol. The predicted molar refractivity (Wildman–Crippen MR) is 128 cm³/mol. The molecule has 4 heteroatoms. The number of benzene rings is 2. The molecule has 2 aromatic carbocycles. The summed E-state index contributed by atoms with van der Waals surface area (Å²) in [6.45, 7) is 4.85. The first kappa shape index (κ1) is 24.2. The number of hydrogen-bond donors (Lipinski definition) is 0. The van der Waals surface area contributed by atoms with Crippen LogP contribution in [0.3, 0.4) is 0 Å². The summed E-state index contributed by atoms with van der Waals surface area (Å²) in [5.74, 6) is 3.12. The number of rotatable bonds is 9. The van der Waals surface area contributed by atoms with Crippen molar-refractivity contribution >= 4 is 0 Å². The molecule has 0 heterocycles. The van der Waals surface area contributed by atoms with Crippen LogP contribution in [0, 0.1) is 17.8 Å². The lowest BCUT2D eigenvalue weighted by Gasteiger charge is -2.55. The molecule has 0 amide bonds. The predicted octanol–water partition coefficient (Wildman–Crippen LogP) is 8.96. The minimum Gasteiger partial charge on any atom is -0.494 e. The quantitative estimate of drug-likeness (QED) is 0.341. The van der Waals surface area contributed by atoms with Crippen molar-refractivity contribution in [2.24, 2.45) is 17.8 Å². The van der Waals surface area contributed by atoms with E-state index in [2.05, 4.69) is 38.1 Å². The first-order valence-corrected chi connectivity index (χ1v) is 12.7. The van der Waals surface area contributed by atoms with Gasteiger partial charge in [-0.3, -0.25) is 0 Å². The second-order valence-electron chi connectivity index (χ2n) is 10.4. The van der Waals surface area contributed by atoms with E-state index in [1.807, 2.05) is 24.3 Å². The maximum atomic E-state index is 12.3. The number of fused-ring (bicyclic) bond motifs is 3. The molecule has 0 aromatic heterocycles. The lowest BCUT2D eigenvalue weighted by atomic mass is 9.50. The highest BCUT2D eigenvalue weighted by atomic mass is 19.4. The van der Waals surface area contributed by atoms with Gasteiger partial charge in [0.2, 0.25) is 0 Å². The van der Waals surface area contributed by atoms with Crippen molar-refractivity contribution in [2.75, 3.05) is 6.61 Å². The van der Waals surface area contributed by atoms with Crippen LogP contribution < -0.4 is 4.74 Å². The highest BCUT2D eigenvalue weighted by Crippen LogP contribution is 2.58. The normalized spacial score (nSPS) is 25.7. The lowest BCUT2D eigenvalue weighted by molar-refractivity contribution is -0.136. The van der Waals surface area contributed by atoms with Crippen LogP contribution in [0.15, 0.2) is 48.5 Å². The van der Waals surface area contributed by atoms with Crippen LogP contribution in [0.5, 0.6) is 5.75 Å². The molecule has 3 fully saturated rings. The topological polar surface area (TPSA) is 9.23 Å². The van der Waals surface area contributed by atoms with Gasteiger partial charge in [0.1, 0.15) is 5.75 Å². The molecule has 0 N–H and O–H groups in total. The van der Waals surface area contributed by atoms with Crippen LogP contribution in [0.2, 0.25) is 0 Å². The van der Waals surface area contributed by atoms with Gasteiger partial charge in [-0.1, -0.05) is 63.1 Å². The fraction of sp³-hybridized carbons (Fsp3) is 0.586. The molecule has 5 rings (SSSR count). The van der Waals surface area contributed by atoms with Gasteiger partial charge in [-0.05, 0) is 90.5 Å². The molecule has 0 saturated heterocycles. The summed E-state index contributed by atoms with van der Waals surface area (Å²) in [4.78, 5) is 0. The zero-order valence-corrected chi connectivity index (χ0v) is 20.0. The molecule has 0 aliphatic heterocycles. The molecule has 3 aliphatic rings. The Morgan fingerprint density at radius 3 is 2.15 bits per heavy atom. The molecular formula is C29H37F3O. The third-order valence-electron chi connectivity index (χ3n) is 8.25. The Kier molecular flexibility index (Phi) is 7.40. The summed E-state index contributed by atoms with van der Waals surface area (Å²) in [7, 11) is 0. The maximum absolute atomic E-state index is 12.3. The fourth-order valence-corrected chi connectivity index (χ4v) is 6.52. The van der Waals surface area contributed by atoms with Crippen LogP contribution in [-0.4, -0.2) is 12.8 Å². The Balaban J connectivity index is 1.43. The molecule has 33 heavy (non-hydrogen) atoms. The Morgan fingerprint density at radius 1 is 0.970 bits per heavy atom. The first-order valence-electron chi connectivity index (χ1n) is 12.7. The Bertz CT molecular complexity index is 877. The molecular weight excluding hydrogens is 421 g/mol. The Hall–Kier alpha value is -1.97. The molecule has 0 spiro atoms. The zero-order valence-electron chi connectivity index (χ0n) is 20.0. The van der Waals surface area contributed by atoms with Crippen LogP contribution in [0.1, 0.15) is 77.2 Å². The summed E-state index contributed by atoms with van der Waals surface area (Å²) in [5, 5.41) is 0. The summed E-state index contributed by atoms with van der Waals surface area (Å²) < 4.78 is 42.3. The molecule has 2 bridgehead atoms. The van der Waals surface area contributed by atoms with Gasteiger partial charge in [0.15, 0.2) is 0 Å². The molecule has 1 nitrogen and oxygen atoms in total. The largest absolute Gasteiger partial charge is 0.494 e. The van der Waals surface area contributed by atoms with Crippen LogP contribution in [-0.2, 0) is 5.41 Å². The van der Waals surface area contributed by atoms with E-state index < -0.39 is 12.6 Å². The molecule has 2 aromatic rings. The van der Waals surface area contributed by atoms with Gasteiger partial charge in [0.25, 0.3) is 0 Å². The molecule has 2 atom stereocenters. The Morgan fingerprint density at radius 2 is 1.58 bits per heavy atom. The molecule has 0 radical (unpaired) electrons. The van der Waals surface area contributed by atoms with Gasteiger partial charge in [0, 0.05) is 6.42 Å². The van der Waals surface area contributed by atoms with E-state index in [0.717, 1.165) is 23.3 Å². The minimum atomic E-state index is -4.12. The van der Waals surface area contributed by atoms with Crippen molar-refractivity contribution in [2.45, 2.75) is 83.2 Å². The average Bonchev–Trinajstić information content (AvgIpc) is 2.82. The second-order valence-corrected chi connectivity index (χ2v) is 10.4. The van der Waals surface area contributed by atoms with Gasteiger partial charge >= 0.3 is 6.18 Å². The van der Waals surface area contributed by atoms with E-state index in [-0.39, 0.29) is 13.0 Å². The lowest BCUT2D eigenvalue weighted by Crippen LogP contribution is -2.48.